The number of hydrogen-bond donors (Lipinski definition) is 1. The molecular formula is C14H22N2O. The van der Waals surface area contributed by atoms with Gasteiger partial charge in [0.05, 0.1) is 0 Å². The average Bonchev–Trinajstić information content (AvgIpc) is 2.41. The lowest BCUT2D eigenvalue weighted by atomic mass is 9.98. The second-order valence-electron chi connectivity index (χ2n) is 4.52. The van der Waals surface area contributed by atoms with E-state index in [1.54, 1.807) is 0 Å². The summed E-state index contributed by atoms with van der Waals surface area (Å²) in [5.74, 6) is 0. The Bertz CT molecular complexity index is 339. The number of ether oxygens (including phenoxy) is 1. The van der Waals surface area contributed by atoms with Crippen LogP contribution in [-0.2, 0) is 10.5 Å². The van der Waals surface area contributed by atoms with E-state index in [1.165, 1.54) is 5.56 Å². The third-order valence-electron chi connectivity index (χ3n) is 3.49. The van der Waals surface area contributed by atoms with Crippen molar-refractivity contribution in [2.45, 2.75) is 19.1 Å². The maximum absolute atomic E-state index is 5.89. The van der Waals surface area contributed by atoms with E-state index in [0.29, 0.717) is 0 Å². The zero-order valence-corrected chi connectivity index (χ0v) is 10.8. The van der Waals surface area contributed by atoms with Crippen molar-refractivity contribution in [1.82, 2.24) is 10.2 Å². The average molecular weight is 234 g/mol. The van der Waals surface area contributed by atoms with Gasteiger partial charge < -0.3 is 10.1 Å². The van der Waals surface area contributed by atoms with Crippen molar-refractivity contribution in [3.63, 3.8) is 0 Å². The van der Waals surface area contributed by atoms with E-state index in [-0.39, 0.29) is 5.72 Å². The zero-order chi connectivity index (χ0) is 12.1. The molecule has 3 heteroatoms. The summed E-state index contributed by atoms with van der Waals surface area (Å²) in [5, 5.41) is 3.45. The van der Waals surface area contributed by atoms with Gasteiger partial charge in [0.25, 0.3) is 0 Å². The zero-order valence-electron chi connectivity index (χ0n) is 10.8. The number of nitrogens with one attached hydrogen (secondary N) is 1. The van der Waals surface area contributed by atoms with Gasteiger partial charge in [0, 0.05) is 38.9 Å². The van der Waals surface area contributed by atoms with Gasteiger partial charge in [-0.05, 0) is 6.42 Å². The van der Waals surface area contributed by atoms with Crippen LogP contribution in [0, 0.1) is 0 Å². The number of benzene rings is 1. The monoisotopic (exact) mass is 234 g/mol. The van der Waals surface area contributed by atoms with Crippen LogP contribution in [0.2, 0.25) is 0 Å². The van der Waals surface area contributed by atoms with Crippen LogP contribution in [0.4, 0.5) is 0 Å². The molecule has 0 aromatic heterocycles. The highest BCUT2D eigenvalue weighted by Crippen LogP contribution is 2.30. The van der Waals surface area contributed by atoms with Crippen LogP contribution in [0.5, 0.6) is 0 Å². The fraction of sp³-hybridized carbons (Fsp3) is 0.571. The number of methoxy groups -OCH3 is 1. The van der Waals surface area contributed by atoms with Gasteiger partial charge in [-0.25, -0.2) is 0 Å². The lowest BCUT2D eigenvalue weighted by Crippen LogP contribution is -2.60. The molecule has 1 saturated heterocycles. The first-order valence-corrected chi connectivity index (χ1v) is 6.40. The van der Waals surface area contributed by atoms with Crippen LogP contribution < -0.4 is 5.32 Å². The van der Waals surface area contributed by atoms with E-state index in [0.717, 1.165) is 32.6 Å². The molecule has 94 valence electrons. The Kier molecular flexibility index (Phi) is 4.15. The Morgan fingerprint density at radius 2 is 2.12 bits per heavy atom. The van der Waals surface area contributed by atoms with Crippen molar-refractivity contribution in [3.8, 4) is 0 Å². The van der Waals surface area contributed by atoms with E-state index >= 15 is 0 Å². The predicted molar refractivity (Wildman–Crippen MR) is 69.9 cm³/mol. The fourth-order valence-corrected chi connectivity index (χ4v) is 2.63. The van der Waals surface area contributed by atoms with Gasteiger partial charge in [-0.15, -0.1) is 0 Å². The number of piperazine rings is 1. The Balaban J connectivity index is 2.32. The van der Waals surface area contributed by atoms with Crippen LogP contribution in [0.3, 0.4) is 0 Å². The molecule has 1 N–H and O–H groups in total. The van der Waals surface area contributed by atoms with Gasteiger partial charge in [-0.1, -0.05) is 37.3 Å². The van der Waals surface area contributed by atoms with Gasteiger partial charge in [-0.2, -0.15) is 0 Å². The molecule has 2 rings (SSSR count). The van der Waals surface area contributed by atoms with Crippen molar-refractivity contribution < 1.29 is 4.74 Å². The smallest absolute Gasteiger partial charge is 0.159 e. The largest absolute Gasteiger partial charge is 0.358 e. The van der Waals surface area contributed by atoms with Crippen molar-refractivity contribution in [2.75, 3.05) is 33.3 Å². The summed E-state index contributed by atoms with van der Waals surface area (Å²) in [5.41, 5.74) is 0.943. The fourth-order valence-electron chi connectivity index (χ4n) is 2.63. The predicted octanol–water partition coefficient (Wildman–Crippen LogP) is 1.80. The Morgan fingerprint density at radius 1 is 1.35 bits per heavy atom. The molecule has 1 aromatic carbocycles. The van der Waals surface area contributed by atoms with Crippen LogP contribution in [0.1, 0.15) is 18.9 Å². The molecule has 0 aliphatic carbocycles. The first-order valence-electron chi connectivity index (χ1n) is 6.40. The van der Waals surface area contributed by atoms with Gasteiger partial charge in [0.2, 0.25) is 0 Å². The highest BCUT2D eigenvalue weighted by molar-refractivity contribution is 5.23. The molecule has 1 unspecified atom stereocenters. The molecule has 0 saturated carbocycles. The molecule has 1 aliphatic rings. The van der Waals surface area contributed by atoms with Crippen LogP contribution in [0.25, 0.3) is 0 Å². The number of nitrogens with zero attached hydrogens (tertiary/aromatic N) is 1. The molecular weight excluding hydrogens is 212 g/mol. The molecule has 3 nitrogen and oxygen atoms in total. The third-order valence-corrected chi connectivity index (χ3v) is 3.49. The van der Waals surface area contributed by atoms with Crippen molar-refractivity contribution >= 4 is 0 Å². The minimum Gasteiger partial charge on any atom is -0.358 e. The molecule has 1 aromatic rings. The van der Waals surface area contributed by atoms with Gasteiger partial charge >= 0.3 is 0 Å². The van der Waals surface area contributed by atoms with E-state index in [2.05, 4.69) is 41.4 Å². The first-order chi connectivity index (χ1) is 8.33. The van der Waals surface area contributed by atoms with Crippen LogP contribution in [-0.4, -0.2) is 38.2 Å². The minimum atomic E-state index is -0.296. The lowest BCUT2D eigenvalue weighted by Gasteiger charge is -2.46. The maximum atomic E-state index is 5.89. The topological polar surface area (TPSA) is 24.5 Å². The van der Waals surface area contributed by atoms with Crippen molar-refractivity contribution in [2.24, 2.45) is 0 Å². The molecule has 0 amide bonds. The summed E-state index contributed by atoms with van der Waals surface area (Å²) in [4.78, 5) is 2.44. The quantitative estimate of drug-likeness (QED) is 0.860. The molecule has 17 heavy (non-hydrogen) atoms. The Labute approximate surface area is 104 Å². The molecule has 0 bridgehead atoms. The number of rotatable bonds is 4. The molecule has 1 heterocycles. The summed E-state index contributed by atoms with van der Waals surface area (Å²) >= 11 is 0. The minimum absolute atomic E-state index is 0.296. The second kappa shape index (κ2) is 5.63. The van der Waals surface area contributed by atoms with E-state index < -0.39 is 0 Å². The Morgan fingerprint density at radius 3 is 2.76 bits per heavy atom. The van der Waals surface area contributed by atoms with Crippen LogP contribution in [0.15, 0.2) is 30.3 Å². The molecule has 0 spiro atoms. The summed E-state index contributed by atoms with van der Waals surface area (Å²) in [7, 11) is 1.81. The SMILES string of the molecule is CCCN1CCNCC1(OC)c1ccccc1. The third kappa shape index (κ3) is 2.37. The van der Waals surface area contributed by atoms with Gasteiger partial charge in [0.15, 0.2) is 5.72 Å². The van der Waals surface area contributed by atoms with Crippen LogP contribution >= 0.6 is 0 Å². The standard InChI is InChI=1S/C14H22N2O/c1-3-10-16-11-9-15-12-14(16,17-2)13-7-5-4-6-8-13/h4-8,15H,3,9-12H2,1-2H3. The summed E-state index contributed by atoms with van der Waals surface area (Å²) < 4.78 is 5.89. The normalized spacial score (nSPS) is 26.0. The molecule has 1 aliphatic heterocycles. The highest BCUT2D eigenvalue weighted by atomic mass is 16.5. The van der Waals surface area contributed by atoms with Crippen molar-refractivity contribution in [1.29, 1.82) is 0 Å². The highest BCUT2D eigenvalue weighted by Gasteiger charge is 2.40. The molecule has 1 fully saturated rings. The lowest BCUT2D eigenvalue weighted by molar-refractivity contribution is -0.154. The maximum Gasteiger partial charge on any atom is 0.159 e. The second-order valence-corrected chi connectivity index (χ2v) is 4.52. The summed E-state index contributed by atoms with van der Waals surface area (Å²) in [6.45, 7) is 6.22. The van der Waals surface area contributed by atoms with Gasteiger partial charge in [-0.3, -0.25) is 4.90 Å². The van der Waals surface area contributed by atoms with E-state index in [4.69, 9.17) is 4.74 Å². The van der Waals surface area contributed by atoms with E-state index in [1.807, 2.05) is 13.2 Å². The molecule has 0 radical (unpaired) electrons. The van der Waals surface area contributed by atoms with Crippen molar-refractivity contribution in [3.05, 3.63) is 35.9 Å². The summed E-state index contributed by atoms with van der Waals surface area (Å²) in [6.07, 6.45) is 1.15. The number of hydrogen-bond acceptors (Lipinski definition) is 3. The van der Waals surface area contributed by atoms with Gasteiger partial charge in [0.1, 0.15) is 0 Å². The Hall–Kier alpha value is -0.900. The first kappa shape index (κ1) is 12.6. The molecule has 1 atom stereocenters. The summed E-state index contributed by atoms with van der Waals surface area (Å²) in [6, 6.07) is 10.5. The van der Waals surface area contributed by atoms with E-state index in [9.17, 15) is 0 Å².